The Morgan fingerprint density at radius 2 is 1.56 bits per heavy atom. The minimum Gasteiger partial charge on any atom is -0.449 e. The van der Waals surface area contributed by atoms with Crippen LogP contribution in [0.2, 0.25) is 0 Å². The molecule has 11 heteroatoms. The smallest absolute Gasteiger partial charge is 0.348 e. The standard InChI is InChI=1S/C21H16N2O9/c24-19-15(20(25)32-21(31-19)9-3-4-10-21)11-13-5-1-2-6-17(13)30-18-8-7-14(22(26)27)12-16(18)23(28)29/h1-2,5-8,11-12H,3-4,9-10H2. The summed E-state index contributed by atoms with van der Waals surface area (Å²) in [7, 11) is 0. The molecular formula is C21H16N2O9. The fourth-order valence-electron chi connectivity index (χ4n) is 3.60. The monoisotopic (exact) mass is 440 g/mol. The molecular weight excluding hydrogens is 424 g/mol. The van der Waals surface area contributed by atoms with Crippen molar-refractivity contribution in [2.75, 3.05) is 0 Å². The van der Waals surface area contributed by atoms with E-state index in [2.05, 4.69) is 0 Å². The fourth-order valence-corrected chi connectivity index (χ4v) is 3.60. The molecule has 0 radical (unpaired) electrons. The molecule has 1 heterocycles. The van der Waals surface area contributed by atoms with Gasteiger partial charge in [-0.2, -0.15) is 0 Å². The van der Waals surface area contributed by atoms with Crippen LogP contribution in [0.1, 0.15) is 31.2 Å². The Morgan fingerprint density at radius 1 is 0.906 bits per heavy atom. The van der Waals surface area contributed by atoms with Gasteiger partial charge in [-0.05, 0) is 31.1 Å². The van der Waals surface area contributed by atoms with Crippen molar-refractivity contribution in [3.05, 3.63) is 73.8 Å². The molecule has 1 saturated carbocycles. The quantitative estimate of drug-likeness (QED) is 0.221. The van der Waals surface area contributed by atoms with Gasteiger partial charge >= 0.3 is 17.6 Å². The van der Waals surface area contributed by atoms with Crippen molar-refractivity contribution in [1.82, 2.24) is 0 Å². The van der Waals surface area contributed by atoms with Gasteiger partial charge in [-0.1, -0.05) is 18.2 Å². The fraction of sp³-hybridized carbons (Fsp3) is 0.238. The number of benzene rings is 2. The first-order valence-electron chi connectivity index (χ1n) is 9.66. The Bertz CT molecular complexity index is 1140. The molecule has 0 unspecified atom stereocenters. The zero-order valence-electron chi connectivity index (χ0n) is 16.5. The third-order valence-corrected chi connectivity index (χ3v) is 5.15. The molecule has 2 fully saturated rings. The molecule has 1 saturated heterocycles. The first-order chi connectivity index (χ1) is 15.3. The minimum atomic E-state index is -1.21. The average Bonchev–Trinajstić information content (AvgIpc) is 3.19. The third kappa shape index (κ3) is 4.00. The molecule has 32 heavy (non-hydrogen) atoms. The van der Waals surface area contributed by atoms with Crippen molar-refractivity contribution in [2.45, 2.75) is 31.5 Å². The maximum atomic E-state index is 12.5. The van der Waals surface area contributed by atoms with Gasteiger partial charge in [0.1, 0.15) is 11.3 Å². The summed E-state index contributed by atoms with van der Waals surface area (Å²) in [5, 5.41) is 22.3. The number of rotatable bonds is 5. The predicted molar refractivity (Wildman–Crippen MR) is 108 cm³/mol. The largest absolute Gasteiger partial charge is 0.449 e. The van der Waals surface area contributed by atoms with Crippen molar-refractivity contribution in [3.63, 3.8) is 0 Å². The minimum absolute atomic E-state index is 0.0821. The van der Waals surface area contributed by atoms with E-state index in [1.54, 1.807) is 12.1 Å². The number of hydrogen-bond donors (Lipinski definition) is 0. The van der Waals surface area contributed by atoms with Gasteiger partial charge in [-0.15, -0.1) is 0 Å². The van der Waals surface area contributed by atoms with Crippen LogP contribution in [0, 0.1) is 20.2 Å². The van der Waals surface area contributed by atoms with E-state index in [-0.39, 0.29) is 22.6 Å². The molecule has 2 aromatic carbocycles. The number of nitro groups is 2. The van der Waals surface area contributed by atoms with Crippen LogP contribution in [0.4, 0.5) is 11.4 Å². The van der Waals surface area contributed by atoms with Gasteiger partial charge in [0, 0.05) is 24.5 Å². The van der Waals surface area contributed by atoms with E-state index in [4.69, 9.17) is 14.2 Å². The molecule has 0 aromatic heterocycles. The van der Waals surface area contributed by atoms with E-state index < -0.39 is 38.9 Å². The summed E-state index contributed by atoms with van der Waals surface area (Å²) in [6, 6.07) is 9.15. The molecule has 4 rings (SSSR count). The molecule has 1 aliphatic heterocycles. The number of carbonyl (C=O) groups excluding carboxylic acids is 2. The number of nitro benzene ring substituents is 2. The second kappa shape index (κ2) is 8.10. The molecule has 1 spiro atoms. The molecule has 2 aliphatic rings. The summed E-state index contributed by atoms with van der Waals surface area (Å²) in [5.74, 6) is -3.01. The normalized spacial score (nSPS) is 16.9. The summed E-state index contributed by atoms with van der Waals surface area (Å²) in [6.45, 7) is 0. The Kier molecular flexibility index (Phi) is 5.31. The van der Waals surface area contributed by atoms with Crippen LogP contribution in [-0.4, -0.2) is 27.6 Å². The van der Waals surface area contributed by atoms with E-state index in [0.29, 0.717) is 12.8 Å². The highest BCUT2D eigenvalue weighted by Crippen LogP contribution is 2.40. The van der Waals surface area contributed by atoms with Crippen molar-refractivity contribution >= 4 is 29.4 Å². The molecule has 0 N–H and O–H groups in total. The third-order valence-electron chi connectivity index (χ3n) is 5.15. The lowest BCUT2D eigenvalue weighted by molar-refractivity contribution is -0.394. The number of non-ortho nitro benzene ring substituents is 1. The lowest BCUT2D eigenvalue weighted by Crippen LogP contribution is -2.44. The molecule has 2 aromatic rings. The van der Waals surface area contributed by atoms with Crippen molar-refractivity contribution < 1.29 is 33.6 Å². The molecule has 0 amide bonds. The molecule has 164 valence electrons. The maximum Gasteiger partial charge on any atom is 0.348 e. The lowest BCUT2D eigenvalue weighted by atomic mass is 10.1. The summed E-state index contributed by atoms with van der Waals surface area (Å²) < 4.78 is 16.4. The first kappa shape index (κ1) is 21.0. The Hall–Kier alpha value is -4.28. The van der Waals surface area contributed by atoms with E-state index in [9.17, 15) is 29.8 Å². The number of nitrogens with zero attached hydrogens (tertiary/aromatic N) is 2. The van der Waals surface area contributed by atoms with Gasteiger partial charge in [-0.25, -0.2) is 9.59 Å². The average molecular weight is 440 g/mol. The number of hydrogen-bond acceptors (Lipinski definition) is 9. The maximum absolute atomic E-state index is 12.5. The summed E-state index contributed by atoms with van der Waals surface area (Å²) in [5.41, 5.74) is -1.16. The van der Waals surface area contributed by atoms with Crippen molar-refractivity contribution in [3.8, 4) is 11.5 Å². The Balaban J connectivity index is 1.66. The van der Waals surface area contributed by atoms with E-state index in [0.717, 1.165) is 31.0 Å². The zero-order valence-corrected chi connectivity index (χ0v) is 16.5. The highest BCUT2D eigenvalue weighted by atomic mass is 16.7. The number of para-hydroxylation sites is 1. The summed E-state index contributed by atoms with van der Waals surface area (Å²) in [4.78, 5) is 45.7. The van der Waals surface area contributed by atoms with Gasteiger partial charge in [0.05, 0.1) is 15.9 Å². The van der Waals surface area contributed by atoms with Gasteiger partial charge in [0.2, 0.25) is 5.75 Å². The SMILES string of the molecule is O=C1OC2(CCCC2)OC(=O)C1=Cc1ccccc1Oc1ccc([N+](=O)[O-])cc1[N+](=O)[O-]. The number of carbonyl (C=O) groups is 2. The van der Waals surface area contributed by atoms with Crippen LogP contribution >= 0.6 is 0 Å². The highest BCUT2D eigenvalue weighted by molar-refractivity contribution is 6.19. The molecule has 11 nitrogen and oxygen atoms in total. The van der Waals surface area contributed by atoms with Crippen molar-refractivity contribution in [2.24, 2.45) is 0 Å². The van der Waals surface area contributed by atoms with Crippen LogP contribution in [0.3, 0.4) is 0 Å². The Labute approximate surface area is 180 Å². The molecule has 1 aliphatic carbocycles. The van der Waals surface area contributed by atoms with Gasteiger partial charge in [0.25, 0.3) is 11.5 Å². The second-order valence-corrected chi connectivity index (χ2v) is 7.26. The van der Waals surface area contributed by atoms with Gasteiger partial charge in [-0.3, -0.25) is 20.2 Å². The first-order valence-corrected chi connectivity index (χ1v) is 9.66. The van der Waals surface area contributed by atoms with E-state index in [1.165, 1.54) is 18.2 Å². The van der Waals surface area contributed by atoms with Gasteiger partial charge < -0.3 is 14.2 Å². The zero-order chi connectivity index (χ0) is 22.9. The lowest BCUT2D eigenvalue weighted by Gasteiger charge is -2.32. The second-order valence-electron chi connectivity index (χ2n) is 7.26. The van der Waals surface area contributed by atoms with Gasteiger partial charge in [0.15, 0.2) is 0 Å². The van der Waals surface area contributed by atoms with E-state index >= 15 is 0 Å². The molecule has 0 bridgehead atoms. The number of esters is 2. The number of ether oxygens (including phenoxy) is 3. The van der Waals surface area contributed by atoms with Crippen LogP contribution in [0.5, 0.6) is 11.5 Å². The van der Waals surface area contributed by atoms with Crippen LogP contribution in [-0.2, 0) is 19.1 Å². The summed E-state index contributed by atoms with van der Waals surface area (Å²) >= 11 is 0. The van der Waals surface area contributed by atoms with Crippen LogP contribution < -0.4 is 4.74 Å². The van der Waals surface area contributed by atoms with Crippen LogP contribution in [0.15, 0.2) is 48.0 Å². The van der Waals surface area contributed by atoms with Crippen LogP contribution in [0.25, 0.3) is 6.08 Å². The van der Waals surface area contributed by atoms with Crippen molar-refractivity contribution in [1.29, 1.82) is 0 Å². The Morgan fingerprint density at radius 3 is 2.19 bits per heavy atom. The predicted octanol–water partition coefficient (Wildman–Crippen LogP) is 4.05. The van der Waals surface area contributed by atoms with E-state index in [1.807, 2.05) is 0 Å². The highest BCUT2D eigenvalue weighted by Gasteiger charge is 2.48. The summed E-state index contributed by atoms with van der Waals surface area (Å²) in [6.07, 6.45) is 3.68. The molecule has 0 atom stereocenters. The topological polar surface area (TPSA) is 148 Å².